The van der Waals surface area contributed by atoms with Crippen LogP contribution in [-0.4, -0.2) is 128 Å². The van der Waals surface area contributed by atoms with Crippen molar-refractivity contribution in [2.75, 3.05) is 64.3 Å². The number of anilines is 1. The van der Waals surface area contributed by atoms with Crippen LogP contribution in [0.2, 0.25) is 0 Å². The van der Waals surface area contributed by atoms with Crippen LogP contribution in [0.25, 0.3) is 6.08 Å². The van der Waals surface area contributed by atoms with Crippen molar-refractivity contribution in [3.8, 4) is 5.75 Å². The van der Waals surface area contributed by atoms with E-state index in [0.717, 1.165) is 62.4 Å². The Morgan fingerprint density at radius 1 is 1.00 bits per heavy atom. The van der Waals surface area contributed by atoms with E-state index in [1.54, 1.807) is 24.9 Å². The summed E-state index contributed by atoms with van der Waals surface area (Å²) in [5.74, 6) is -0.0426. The molecule has 250 valence electrons. The molecular weight excluding hydrogens is 597 g/mol. The first-order valence-electron chi connectivity index (χ1n) is 17.0. The molecule has 1 atom stereocenters. The second-order valence-corrected chi connectivity index (χ2v) is 13.1. The Kier molecular flexibility index (Phi) is 10.4. The molecule has 2 aromatic rings. The lowest BCUT2D eigenvalue weighted by Gasteiger charge is -2.41. The van der Waals surface area contributed by atoms with Crippen molar-refractivity contribution in [2.45, 2.75) is 56.7 Å². The van der Waals surface area contributed by atoms with E-state index in [4.69, 9.17) is 9.47 Å². The number of ether oxygens (including phenoxy) is 2. The number of amides is 4. The predicted octanol–water partition coefficient (Wildman–Crippen LogP) is 2.22. The zero-order valence-corrected chi connectivity index (χ0v) is 27.4. The normalized spacial score (nSPS) is 20.6. The number of para-hydroxylation sites is 1. The molecule has 11 nitrogen and oxygen atoms in total. The number of urea groups is 1. The molecule has 0 aromatic heterocycles. The van der Waals surface area contributed by atoms with E-state index in [1.165, 1.54) is 0 Å². The summed E-state index contributed by atoms with van der Waals surface area (Å²) in [6.45, 7) is 9.83. The highest BCUT2D eigenvalue weighted by molar-refractivity contribution is 6.34. The second-order valence-electron chi connectivity index (χ2n) is 13.1. The van der Waals surface area contributed by atoms with E-state index < -0.39 is 12.2 Å². The fraction of sp³-hybridized carbons (Fsp3) is 0.514. The molecule has 0 bridgehead atoms. The fourth-order valence-corrected chi connectivity index (χ4v) is 7.44. The van der Waals surface area contributed by atoms with Gasteiger partial charge >= 0.3 is 12.1 Å². The third-order valence-electron chi connectivity index (χ3n) is 10.2. The van der Waals surface area contributed by atoms with Gasteiger partial charge in [0.1, 0.15) is 13.6 Å². The van der Waals surface area contributed by atoms with Crippen molar-refractivity contribution >= 4 is 43.1 Å². The molecular formula is C35H46BN5O6. The molecule has 2 N–H and O–H groups in total. The number of benzene rings is 2. The number of rotatable bonds is 7. The number of hydrogen-bond acceptors (Lipinski definition) is 7. The van der Waals surface area contributed by atoms with E-state index >= 15 is 0 Å². The van der Waals surface area contributed by atoms with Gasteiger partial charge in [-0.05, 0) is 60.8 Å². The van der Waals surface area contributed by atoms with Crippen LogP contribution >= 0.6 is 0 Å². The molecule has 3 fully saturated rings. The number of nitrogens with one attached hydrogen (secondary N) is 1. The number of carbonyl (C=O) groups excluding carboxylic acids is 3. The molecule has 4 heterocycles. The number of phenolic OH excluding ortho intramolecular Hbond substituents is 1. The zero-order valence-electron chi connectivity index (χ0n) is 27.4. The van der Waals surface area contributed by atoms with Crippen LogP contribution in [0.1, 0.15) is 42.4 Å². The number of fused-ring (bicyclic) bond motifs is 1. The average molecular weight is 644 g/mol. The fourth-order valence-electron chi connectivity index (χ4n) is 7.44. The van der Waals surface area contributed by atoms with Gasteiger partial charge in [0, 0.05) is 75.6 Å². The lowest BCUT2D eigenvalue weighted by molar-refractivity contribution is -0.142. The minimum Gasteiger partial charge on any atom is -0.508 e. The highest BCUT2D eigenvalue weighted by Crippen LogP contribution is 2.26. The largest absolute Gasteiger partial charge is 0.508 e. The summed E-state index contributed by atoms with van der Waals surface area (Å²) < 4.78 is 11.6. The summed E-state index contributed by atoms with van der Waals surface area (Å²) in [5.41, 5.74) is 4.01. The molecule has 0 unspecified atom stereocenters. The Labute approximate surface area is 277 Å². The zero-order chi connectivity index (χ0) is 32.9. The number of nitrogens with zero attached hydrogens (tertiary/aromatic N) is 4. The van der Waals surface area contributed by atoms with E-state index in [1.807, 2.05) is 40.1 Å². The van der Waals surface area contributed by atoms with Gasteiger partial charge in [0.25, 0.3) is 5.91 Å². The Morgan fingerprint density at radius 2 is 1.68 bits per heavy atom. The van der Waals surface area contributed by atoms with E-state index in [9.17, 15) is 19.5 Å². The second kappa shape index (κ2) is 14.8. The summed E-state index contributed by atoms with van der Waals surface area (Å²) in [6.07, 6.45) is 4.03. The minimum absolute atomic E-state index is 0.0100. The van der Waals surface area contributed by atoms with Gasteiger partial charge in [-0.2, -0.15) is 0 Å². The maximum absolute atomic E-state index is 14.0. The Balaban J connectivity index is 1.10. The quantitative estimate of drug-likeness (QED) is 0.445. The first-order chi connectivity index (χ1) is 22.8. The van der Waals surface area contributed by atoms with Crippen LogP contribution in [0.4, 0.5) is 15.3 Å². The summed E-state index contributed by atoms with van der Waals surface area (Å²) in [4.78, 5) is 48.5. The Bertz CT molecular complexity index is 1470. The van der Waals surface area contributed by atoms with Gasteiger partial charge < -0.3 is 34.6 Å². The number of aromatic hydroxyl groups is 1. The molecule has 47 heavy (non-hydrogen) atoms. The maximum atomic E-state index is 14.0. The SMILES string of the molecule is Bc1cc(C[C@@H](OC(=O)N2CCC(N3CCc4ccccc4NC3=O)CC2)C(=O)N2CCC(N3CCOCC3)CC2)cc(C=C)c1O. The van der Waals surface area contributed by atoms with Gasteiger partial charge in [0.05, 0.1) is 13.2 Å². The number of hydrogen-bond donors (Lipinski definition) is 2. The Morgan fingerprint density at radius 3 is 2.40 bits per heavy atom. The van der Waals surface area contributed by atoms with E-state index in [-0.39, 0.29) is 30.2 Å². The van der Waals surface area contributed by atoms with Gasteiger partial charge in [-0.15, -0.1) is 0 Å². The van der Waals surface area contributed by atoms with Crippen molar-refractivity contribution in [1.29, 1.82) is 0 Å². The average Bonchev–Trinajstić information content (AvgIpc) is 3.27. The molecule has 4 aliphatic rings. The highest BCUT2D eigenvalue weighted by atomic mass is 16.6. The standard InChI is InChI=1S/C35H46BN5O6/c1-2-25-21-24(22-29(36)32(25)42)23-31(33(43)39-12-8-27(9-13-39)38-17-19-46-20-18-38)47-35(45)40-14-10-28(11-15-40)41-16-7-26-5-3-4-6-30(26)37-34(41)44/h2-6,21-22,27-28,31,42H,1,7-20,23,36H2,(H,37,44)/t31-/m1/s1. The summed E-state index contributed by atoms with van der Waals surface area (Å²) in [5, 5.41) is 13.5. The van der Waals surface area contributed by atoms with Crippen molar-refractivity contribution in [3.63, 3.8) is 0 Å². The maximum Gasteiger partial charge on any atom is 0.410 e. The van der Waals surface area contributed by atoms with Gasteiger partial charge in [0.2, 0.25) is 0 Å². The number of likely N-dealkylation sites (tertiary alicyclic amines) is 2. The molecule has 12 heteroatoms. The third kappa shape index (κ3) is 7.60. The number of piperidine rings is 2. The molecule has 0 radical (unpaired) electrons. The van der Waals surface area contributed by atoms with Crippen molar-refractivity contribution in [2.24, 2.45) is 0 Å². The molecule has 3 saturated heterocycles. The summed E-state index contributed by atoms with van der Waals surface area (Å²) in [7, 11) is 1.80. The number of phenols is 1. The first kappa shape index (κ1) is 32.9. The van der Waals surface area contributed by atoms with Crippen LogP contribution in [0.5, 0.6) is 5.75 Å². The van der Waals surface area contributed by atoms with Crippen LogP contribution in [0.15, 0.2) is 43.0 Å². The minimum atomic E-state index is -1.00. The van der Waals surface area contributed by atoms with Crippen molar-refractivity contribution in [3.05, 3.63) is 59.7 Å². The van der Waals surface area contributed by atoms with Crippen LogP contribution in [0.3, 0.4) is 0 Å². The first-order valence-corrected chi connectivity index (χ1v) is 17.0. The topological polar surface area (TPSA) is 115 Å². The highest BCUT2D eigenvalue weighted by Gasteiger charge is 2.36. The van der Waals surface area contributed by atoms with E-state index in [0.29, 0.717) is 62.6 Å². The molecule has 0 spiro atoms. The lowest BCUT2D eigenvalue weighted by Crippen LogP contribution is -2.53. The lowest BCUT2D eigenvalue weighted by atomic mass is 9.89. The van der Waals surface area contributed by atoms with Crippen LogP contribution in [0, 0.1) is 0 Å². The molecule has 2 aromatic carbocycles. The predicted molar refractivity (Wildman–Crippen MR) is 183 cm³/mol. The molecule has 0 aliphatic carbocycles. The third-order valence-corrected chi connectivity index (χ3v) is 10.2. The van der Waals surface area contributed by atoms with Crippen LogP contribution in [-0.2, 0) is 27.1 Å². The Hall–Kier alpha value is -4.03. The smallest absolute Gasteiger partial charge is 0.410 e. The molecule has 4 amide bonds. The summed E-state index contributed by atoms with van der Waals surface area (Å²) in [6, 6.07) is 11.8. The van der Waals surface area contributed by atoms with Gasteiger partial charge in [-0.25, -0.2) is 9.59 Å². The van der Waals surface area contributed by atoms with Gasteiger partial charge in [-0.1, -0.05) is 36.9 Å². The van der Waals surface area contributed by atoms with Crippen molar-refractivity contribution in [1.82, 2.24) is 19.6 Å². The van der Waals surface area contributed by atoms with Crippen molar-refractivity contribution < 1.29 is 29.0 Å². The molecule has 4 aliphatic heterocycles. The number of morpholine rings is 1. The van der Waals surface area contributed by atoms with Gasteiger partial charge in [0.15, 0.2) is 6.10 Å². The number of carbonyl (C=O) groups is 3. The van der Waals surface area contributed by atoms with Gasteiger partial charge in [-0.3, -0.25) is 9.69 Å². The summed E-state index contributed by atoms with van der Waals surface area (Å²) >= 11 is 0. The van der Waals surface area contributed by atoms with E-state index in [2.05, 4.69) is 16.8 Å². The monoisotopic (exact) mass is 643 g/mol. The molecule has 6 rings (SSSR count). The van der Waals surface area contributed by atoms with Crippen LogP contribution < -0.4 is 10.8 Å². The molecule has 0 saturated carbocycles.